The van der Waals surface area contributed by atoms with E-state index >= 15 is 0 Å². The van der Waals surface area contributed by atoms with Gasteiger partial charge in [0.05, 0.1) is 17.8 Å². The van der Waals surface area contributed by atoms with E-state index in [1.54, 1.807) is 12.3 Å². The van der Waals surface area contributed by atoms with E-state index in [2.05, 4.69) is 11.1 Å². The lowest BCUT2D eigenvalue weighted by Gasteiger charge is -2.07. The number of hydrogen-bond donors (Lipinski definition) is 1. The summed E-state index contributed by atoms with van der Waals surface area (Å²) in [6.45, 7) is 0.949. The monoisotopic (exact) mass is 253 g/mol. The van der Waals surface area contributed by atoms with Crippen LogP contribution in [0.5, 0.6) is 5.75 Å². The molecule has 0 atom stereocenters. The van der Waals surface area contributed by atoms with Crippen molar-refractivity contribution in [1.29, 1.82) is 5.26 Å². The Labute approximate surface area is 112 Å². The van der Waals surface area contributed by atoms with Gasteiger partial charge in [0.2, 0.25) is 0 Å². The minimum absolute atomic E-state index is 0.363. The molecule has 4 heteroatoms. The summed E-state index contributed by atoms with van der Waals surface area (Å²) < 4.78 is 5.62. The molecule has 1 heterocycles. The summed E-state index contributed by atoms with van der Waals surface area (Å²) in [4.78, 5) is 4.25. The van der Waals surface area contributed by atoms with E-state index in [0.29, 0.717) is 24.5 Å². The van der Waals surface area contributed by atoms with Crippen molar-refractivity contribution >= 4 is 0 Å². The predicted octanol–water partition coefficient (Wildman–Crippen LogP) is 2.03. The Morgan fingerprint density at radius 3 is 2.74 bits per heavy atom. The first-order valence-corrected chi connectivity index (χ1v) is 6.09. The molecule has 0 spiro atoms. The van der Waals surface area contributed by atoms with Gasteiger partial charge in [-0.25, -0.2) is 0 Å². The molecule has 4 nitrogen and oxygen atoms in total. The van der Waals surface area contributed by atoms with Crippen LogP contribution in [0.1, 0.15) is 16.8 Å². The fourth-order valence-corrected chi connectivity index (χ4v) is 1.71. The maximum Gasteiger partial charge on any atom is 0.138 e. The molecule has 0 unspecified atom stereocenters. The molecule has 0 saturated carbocycles. The van der Waals surface area contributed by atoms with Gasteiger partial charge < -0.3 is 10.5 Å². The summed E-state index contributed by atoms with van der Waals surface area (Å²) in [6, 6.07) is 13.3. The van der Waals surface area contributed by atoms with Crippen molar-refractivity contribution < 1.29 is 4.74 Å². The minimum Gasteiger partial charge on any atom is -0.487 e. The van der Waals surface area contributed by atoms with Gasteiger partial charge in [0.1, 0.15) is 12.4 Å². The molecule has 2 aromatic rings. The highest BCUT2D eigenvalue weighted by Gasteiger charge is 2.02. The van der Waals surface area contributed by atoms with Crippen LogP contribution in [-0.4, -0.2) is 11.5 Å². The molecule has 2 rings (SSSR count). The molecular formula is C15H15N3O. The molecule has 0 aliphatic rings. The van der Waals surface area contributed by atoms with Crippen LogP contribution >= 0.6 is 0 Å². The van der Waals surface area contributed by atoms with E-state index in [-0.39, 0.29) is 0 Å². The van der Waals surface area contributed by atoms with Gasteiger partial charge in [-0.2, -0.15) is 5.26 Å². The summed E-state index contributed by atoms with van der Waals surface area (Å²) in [6.07, 6.45) is 2.44. The van der Waals surface area contributed by atoms with Crippen molar-refractivity contribution in [3.8, 4) is 11.8 Å². The van der Waals surface area contributed by atoms with E-state index in [1.165, 1.54) is 0 Å². The van der Waals surface area contributed by atoms with Gasteiger partial charge >= 0.3 is 0 Å². The summed E-state index contributed by atoms with van der Waals surface area (Å²) in [5, 5.41) is 8.98. The first-order valence-electron chi connectivity index (χ1n) is 6.09. The standard InChI is InChI=1S/C15H15N3O/c16-8-7-14-5-6-15(10-18-14)19-11-13-4-2-1-3-12(13)9-17/h1-6,10H,7-8,11,16H2. The molecule has 19 heavy (non-hydrogen) atoms. The molecule has 2 N–H and O–H groups in total. The van der Waals surface area contributed by atoms with Crippen molar-refractivity contribution in [3.05, 3.63) is 59.4 Å². The Kier molecular flexibility index (Phi) is 4.49. The number of aromatic nitrogens is 1. The number of rotatable bonds is 5. The Morgan fingerprint density at radius 1 is 1.21 bits per heavy atom. The molecule has 1 aromatic heterocycles. The number of nitrogens with zero attached hydrogens (tertiary/aromatic N) is 2. The molecule has 0 aliphatic heterocycles. The molecule has 96 valence electrons. The number of ether oxygens (including phenoxy) is 1. The van der Waals surface area contributed by atoms with E-state index in [0.717, 1.165) is 17.7 Å². The van der Waals surface area contributed by atoms with E-state index in [1.807, 2.05) is 30.3 Å². The van der Waals surface area contributed by atoms with Crippen molar-refractivity contribution in [2.75, 3.05) is 6.54 Å². The minimum atomic E-state index is 0.363. The molecular weight excluding hydrogens is 238 g/mol. The van der Waals surface area contributed by atoms with Crippen LogP contribution in [0, 0.1) is 11.3 Å². The van der Waals surface area contributed by atoms with Crippen LogP contribution in [0.2, 0.25) is 0 Å². The smallest absolute Gasteiger partial charge is 0.138 e. The Balaban J connectivity index is 2.00. The largest absolute Gasteiger partial charge is 0.487 e. The summed E-state index contributed by atoms with van der Waals surface area (Å²) in [7, 11) is 0. The molecule has 0 bridgehead atoms. The summed E-state index contributed by atoms with van der Waals surface area (Å²) >= 11 is 0. The number of pyridine rings is 1. The van der Waals surface area contributed by atoms with E-state index < -0.39 is 0 Å². The zero-order valence-corrected chi connectivity index (χ0v) is 10.5. The summed E-state index contributed by atoms with van der Waals surface area (Å²) in [5.41, 5.74) is 7.92. The Morgan fingerprint density at radius 2 is 2.05 bits per heavy atom. The highest BCUT2D eigenvalue weighted by Crippen LogP contribution is 2.14. The molecule has 0 amide bonds. The maximum atomic E-state index is 8.98. The Hall–Kier alpha value is -2.38. The average molecular weight is 253 g/mol. The van der Waals surface area contributed by atoms with Gasteiger partial charge in [-0.3, -0.25) is 4.98 Å². The number of nitriles is 1. The van der Waals surface area contributed by atoms with Gasteiger partial charge in [0.25, 0.3) is 0 Å². The highest BCUT2D eigenvalue weighted by atomic mass is 16.5. The molecule has 0 radical (unpaired) electrons. The zero-order valence-electron chi connectivity index (χ0n) is 10.5. The molecule has 0 saturated heterocycles. The molecule has 1 aromatic carbocycles. The second-order valence-corrected chi connectivity index (χ2v) is 4.08. The lowest BCUT2D eigenvalue weighted by Crippen LogP contribution is -2.04. The van der Waals surface area contributed by atoms with Crippen molar-refractivity contribution in [2.45, 2.75) is 13.0 Å². The number of hydrogen-bond acceptors (Lipinski definition) is 4. The van der Waals surface area contributed by atoms with Crippen molar-refractivity contribution in [3.63, 3.8) is 0 Å². The molecule has 0 aliphatic carbocycles. The van der Waals surface area contributed by atoms with Gasteiger partial charge in [0, 0.05) is 17.7 Å². The quantitative estimate of drug-likeness (QED) is 0.885. The van der Waals surface area contributed by atoms with Crippen molar-refractivity contribution in [1.82, 2.24) is 4.98 Å². The third kappa shape index (κ3) is 3.54. The van der Waals surface area contributed by atoms with Crippen LogP contribution in [0.15, 0.2) is 42.6 Å². The van der Waals surface area contributed by atoms with Gasteiger partial charge in [-0.1, -0.05) is 18.2 Å². The summed E-state index contributed by atoms with van der Waals surface area (Å²) in [5.74, 6) is 0.688. The first kappa shape index (κ1) is 13.1. The van der Waals surface area contributed by atoms with Crippen LogP contribution in [-0.2, 0) is 13.0 Å². The zero-order chi connectivity index (χ0) is 13.5. The second kappa shape index (κ2) is 6.53. The Bertz CT molecular complexity index is 573. The van der Waals surface area contributed by atoms with E-state index in [4.69, 9.17) is 15.7 Å². The van der Waals surface area contributed by atoms with Gasteiger partial charge in [-0.05, 0) is 24.7 Å². The normalized spacial score (nSPS) is 9.89. The van der Waals surface area contributed by atoms with Crippen LogP contribution < -0.4 is 10.5 Å². The third-order valence-electron chi connectivity index (χ3n) is 2.73. The lowest BCUT2D eigenvalue weighted by atomic mass is 10.1. The average Bonchev–Trinajstić information content (AvgIpc) is 2.47. The number of benzene rings is 1. The molecule has 0 fully saturated rings. The first-order chi connectivity index (χ1) is 9.33. The highest BCUT2D eigenvalue weighted by molar-refractivity contribution is 5.37. The third-order valence-corrected chi connectivity index (χ3v) is 2.73. The van der Waals surface area contributed by atoms with Crippen molar-refractivity contribution in [2.24, 2.45) is 5.73 Å². The van der Waals surface area contributed by atoms with Crippen LogP contribution in [0.4, 0.5) is 0 Å². The SMILES string of the molecule is N#Cc1ccccc1COc1ccc(CCN)nc1. The van der Waals surface area contributed by atoms with Gasteiger partial charge in [0.15, 0.2) is 0 Å². The fraction of sp³-hybridized carbons (Fsp3) is 0.200. The number of nitrogens with two attached hydrogens (primary N) is 1. The fourth-order valence-electron chi connectivity index (χ4n) is 1.71. The topological polar surface area (TPSA) is 71.9 Å². The van der Waals surface area contributed by atoms with E-state index in [9.17, 15) is 0 Å². The lowest BCUT2D eigenvalue weighted by molar-refractivity contribution is 0.304. The predicted molar refractivity (Wildman–Crippen MR) is 72.5 cm³/mol. The van der Waals surface area contributed by atoms with Crippen LogP contribution in [0.3, 0.4) is 0 Å². The second-order valence-electron chi connectivity index (χ2n) is 4.08. The maximum absolute atomic E-state index is 8.98. The van der Waals surface area contributed by atoms with Crippen LogP contribution in [0.25, 0.3) is 0 Å². The van der Waals surface area contributed by atoms with Gasteiger partial charge in [-0.15, -0.1) is 0 Å².